The van der Waals surface area contributed by atoms with Crippen molar-refractivity contribution in [2.75, 3.05) is 13.2 Å². The lowest BCUT2D eigenvalue weighted by Gasteiger charge is -2.56. The molecule has 0 saturated heterocycles. The Balaban J connectivity index is 1.48. The first-order valence-corrected chi connectivity index (χ1v) is 10.5. The minimum absolute atomic E-state index is 0.443. The lowest BCUT2D eigenvalue weighted by atomic mass is 9.49. The maximum Gasteiger partial charge on any atom is 0.0883 e. The zero-order valence-corrected chi connectivity index (χ0v) is 15.7. The van der Waals surface area contributed by atoms with Crippen LogP contribution in [-0.4, -0.2) is 23.9 Å². The number of fused-ring (bicyclic) bond motifs is 5. The third kappa shape index (κ3) is 2.60. The van der Waals surface area contributed by atoms with Gasteiger partial charge >= 0.3 is 0 Å². The number of allylic oxidation sites excluding steroid dienone is 1. The average molecular weight is 333 g/mol. The molecule has 4 rings (SSSR count). The van der Waals surface area contributed by atoms with E-state index in [9.17, 15) is 5.11 Å². The van der Waals surface area contributed by atoms with Crippen LogP contribution in [0.15, 0.2) is 12.2 Å². The van der Waals surface area contributed by atoms with Crippen molar-refractivity contribution in [3.05, 3.63) is 12.2 Å². The SMILES string of the molecule is C=C1CC[C@H]2[C@@H]3CC[C@H]4C[C@@](O)(COCC)CC[C@@H]4[C@H]3CC[C@]12C. The molecule has 2 nitrogen and oxygen atoms in total. The summed E-state index contributed by atoms with van der Waals surface area (Å²) in [4.78, 5) is 0. The normalized spacial score (nSPS) is 51.0. The standard InChI is InChI=1S/C22H36O2/c1-4-24-14-22(23)12-10-17-16(13-22)6-7-19-18(17)9-11-21(3)15(2)5-8-20(19)21/h16-20,23H,2,4-14H2,1,3H3/t16-,17-,18+,19+,20-,21+,22+/m0/s1. The van der Waals surface area contributed by atoms with Crippen LogP contribution >= 0.6 is 0 Å². The van der Waals surface area contributed by atoms with Crippen molar-refractivity contribution < 1.29 is 9.84 Å². The second-order valence-corrected chi connectivity index (χ2v) is 9.64. The summed E-state index contributed by atoms with van der Waals surface area (Å²) in [6.45, 7) is 10.2. The number of hydrogen-bond acceptors (Lipinski definition) is 2. The van der Waals surface area contributed by atoms with E-state index in [1.165, 1.54) is 44.9 Å². The first kappa shape index (κ1) is 17.1. The van der Waals surface area contributed by atoms with E-state index in [0.29, 0.717) is 18.6 Å². The van der Waals surface area contributed by atoms with Crippen molar-refractivity contribution >= 4 is 0 Å². The van der Waals surface area contributed by atoms with Crippen LogP contribution < -0.4 is 0 Å². The van der Waals surface area contributed by atoms with Gasteiger partial charge in [-0.2, -0.15) is 0 Å². The van der Waals surface area contributed by atoms with E-state index in [4.69, 9.17) is 4.74 Å². The monoisotopic (exact) mass is 332 g/mol. The van der Waals surface area contributed by atoms with Gasteiger partial charge in [0.15, 0.2) is 0 Å². The number of ether oxygens (including phenoxy) is 1. The van der Waals surface area contributed by atoms with E-state index in [1.807, 2.05) is 6.92 Å². The highest BCUT2D eigenvalue weighted by atomic mass is 16.5. The third-order valence-corrected chi connectivity index (χ3v) is 8.63. The molecule has 1 N–H and O–H groups in total. The van der Waals surface area contributed by atoms with Crippen LogP contribution in [0.25, 0.3) is 0 Å². The summed E-state index contributed by atoms with van der Waals surface area (Å²) in [7, 11) is 0. The van der Waals surface area contributed by atoms with Crippen molar-refractivity contribution in [1.29, 1.82) is 0 Å². The molecule has 4 aliphatic rings. The molecule has 24 heavy (non-hydrogen) atoms. The average Bonchev–Trinajstić information content (AvgIpc) is 2.88. The van der Waals surface area contributed by atoms with E-state index in [1.54, 1.807) is 5.57 Å². The predicted octanol–water partition coefficient (Wildman–Crippen LogP) is 4.96. The number of hydrogen-bond donors (Lipinski definition) is 1. The molecule has 4 saturated carbocycles. The van der Waals surface area contributed by atoms with Gasteiger partial charge in [0.25, 0.3) is 0 Å². The van der Waals surface area contributed by atoms with E-state index in [2.05, 4.69) is 13.5 Å². The lowest BCUT2D eigenvalue weighted by Crippen LogP contribution is -2.51. The van der Waals surface area contributed by atoms with Crippen LogP contribution in [0.4, 0.5) is 0 Å². The minimum atomic E-state index is -0.547. The molecule has 0 aromatic carbocycles. The van der Waals surface area contributed by atoms with Crippen LogP contribution in [-0.2, 0) is 4.74 Å². The first-order valence-electron chi connectivity index (χ1n) is 10.5. The summed E-state index contributed by atoms with van der Waals surface area (Å²) >= 11 is 0. The van der Waals surface area contributed by atoms with E-state index in [-0.39, 0.29) is 0 Å². The molecule has 0 aliphatic heterocycles. The zero-order valence-electron chi connectivity index (χ0n) is 15.7. The second-order valence-electron chi connectivity index (χ2n) is 9.64. The van der Waals surface area contributed by atoms with E-state index in [0.717, 1.165) is 42.4 Å². The smallest absolute Gasteiger partial charge is 0.0883 e. The zero-order chi connectivity index (χ0) is 16.9. The van der Waals surface area contributed by atoms with Gasteiger partial charge in [-0.05, 0) is 99.7 Å². The van der Waals surface area contributed by atoms with Gasteiger partial charge in [-0.25, -0.2) is 0 Å². The number of aliphatic hydroxyl groups is 1. The molecule has 0 heterocycles. The second kappa shape index (κ2) is 6.13. The fourth-order valence-corrected chi connectivity index (χ4v) is 7.29. The Bertz CT molecular complexity index is 500. The molecule has 4 aliphatic carbocycles. The van der Waals surface area contributed by atoms with Crippen LogP contribution in [0, 0.1) is 35.0 Å². The highest BCUT2D eigenvalue weighted by molar-refractivity contribution is 5.20. The van der Waals surface area contributed by atoms with Crippen molar-refractivity contribution in [2.45, 2.75) is 77.2 Å². The summed E-state index contributed by atoms with van der Waals surface area (Å²) in [6.07, 6.45) is 11.3. The van der Waals surface area contributed by atoms with Crippen molar-refractivity contribution in [3.63, 3.8) is 0 Å². The molecule has 0 amide bonds. The molecule has 0 aromatic heterocycles. The molecule has 0 unspecified atom stereocenters. The maximum atomic E-state index is 10.9. The maximum absolute atomic E-state index is 10.9. The quantitative estimate of drug-likeness (QED) is 0.740. The van der Waals surface area contributed by atoms with Crippen molar-refractivity contribution in [1.82, 2.24) is 0 Å². The molecule has 0 aromatic rings. The van der Waals surface area contributed by atoms with Gasteiger partial charge in [0, 0.05) is 6.61 Å². The van der Waals surface area contributed by atoms with Gasteiger partial charge in [0.05, 0.1) is 12.2 Å². The van der Waals surface area contributed by atoms with Crippen LogP contribution in [0.2, 0.25) is 0 Å². The number of rotatable bonds is 3. The predicted molar refractivity (Wildman–Crippen MR) is 97.7 cm³/mol. The van der Waals surface area contributed by atoms with Gasteiger partial charge < -0.3 is 9.84 Å². The summed E-state index contributed by atoms with van der Waals surface area (Å²) in [5, 5.41) is 10.9. The summed E-state index contributed by atoms with van der Waals surface area (Å²) in [5.41, 5.74) is 1.44. The molecule has 4 fully saturated rings. The Morgan fingerprint density at radius 2 is 1.88 bits per heavy atom. The van der Waals surface area contributed by atoms with Gasteiger partial charge in [-0.15, -0.1) is 0 Å². The van der Waals surface area contributed by atoms with Crippen molar-refractivity contribution in [3.8, 4) is 0 Å². The molecule has 136 valence electrons. The Labute approximate surface area is 148 Å². The highest BCUT2D eigenvalue weighted by Crippen LogP contribution is 2.64. The Morgan fingerprint density at radius 1 is 1.08 bits per heavy atom. The Hall–Kier alpha value is -0.340. The van der Waals surface area contributed by atoms with Crippen LogP contribution in [0.5, 0.6) is 0 Å². The topological polar surface area (TPSA) is 29.5 Å². The lowest BCUT2D eigenvalue weighted by molar-refractivity contribution is -0.123. The van der Waals surface area contributed by atoms with Crippen LogP contribution in [0.3, 0.4) is 0 Å². The molecule has 2 heteroatoms. The summed E-state index contributed by atoms with van der Waals surface area (Å²) in [6, 6.07) is 0. The van der Waals surface area contributed by atoms with Gasteiger partial charge in [0.1, 0.15) is 0 Å². The largest absolute Gasteiger partial charge is 0.387 e. The molecule has 0 radical (unpaired) electrons. The van der Waals surface area contributed by atoms with Gasteiger partial charge in [0.2, 0.25) is 0 Å². The summed E-state index contributed by atoms with van der Waals surface area (Å²) in [5.74, 6) is 4.35. The third-order valence-electron chi connectivity index (χ3n) is 8.63. The highest BCUT2D eigenvalue weighted by Gasteiger charge is 2.55. The first-order chi connectivity index (χ1) is 11.5. The molecular formula is C22H36O2. The van der Waals surface area contributed by atoms with Crippen LogP contribution in [0.1, 0.15) is 71.6 Å². The van der Waals surface area contributed by atoms with Gasteiger partial charge in [-0.3, -0.25) is 0 Å². The molecule has 0 spiro atoms. The Kier molecular flexibility index (Phi) is 4.36. The van der Waals surface area contributed by atoms with E-state index >= 15 is 0 Å². The fraction of sp³-hybridized carbons (Fsp3) is 0.909. The molecule has 7 atom stereocenters. The summed E-state index contributed by atoms with van der Waals surface area (Å²) < 4.78 is 5.58. The fourth-order valence-electron chi connectivity index (χ4n) is 7.29. The Morgan fingerprint density at radius 3 is 2.67 bits per heavy atom. The molecular weight excluding hydrogens is 296 g/mol. The molecule has 0 bridgehead atoms. The minimum Gasteiger partial charge on any atom is -0.387 e. The van der Waals surface area contributed by atoms with Crippen molar-refractivity contribution in [2.24, 2.45) is 35.0 Å². The van der Waals surface area contributed by atoms with Gasteiger partial charge in [-0.1, -0.05) is 19.1 Å². The van der Waals surface area contributed by atoms with E-state index < -0.39 is 5.60 Å².